The topological polar surface area (TPSA) is 58.9 Å². The SMILES string of the molecule is CC(C)n1nnnc1CNC1[C@H](C)CN(Cc2ccccc2)C[C@H]1C. The largest absolute Gasteiger partial charge is 0.306 e. The van der Waals surface area contributed by atoms with Crippen LogP contribution in [0.1, 0.15) is 45.1 Å². The number of hydrogen-bond donors (Lipinski definition) is 1. The molecule has 1 aromatic carbocycles. The van der Waals surface area contributed by atoms with Gasteiger partial charge in [-0.3, -0.25) is 4.90 Å². The molecular formula is C19H30N6. The predicted molar refractivity (Wildman–Crippen MR) is 98.9 cm³/mol. The van der Waals surface area contributed by atoms with E-state index in [4.69, 9.17) is 0 Å². The summed E-state index contributed by atoms with van der Waals surface area (Å²) >= 11 is 0. The average molecular weight is 342 g/mol. The van der Waals surface area contributed by atoms with Crippen molar-refractivity contribution in [2.75, 3.05) is 13.1 Å². The first kappa shape index (κ1) is 18.0. The number of likely N-dealkylation sites (tertiary alicyclic amines) is 1. The molecule has 0 radical (unpaired) electrons. The van der Waals surface area contributed by atoms with Crippen molar-refractivity contribution in [1.82, 2.24) is 30.4 Å². The summed E-state index contributed by atoms with van der Waals surface area (Å²) in [5, 5.41) is 15.8. The summed E-state index contributed by atoms with van der Waals surface area (Å²) in [6.07, 6.45) is 0. The Kier molecular flexibility index (Phi) is 5.81. The Bertz CT molecular complexity index is 641. The second kappa shape index (κ2) is 8.06. The van der Waals surface area contributed by atoms with Gasteiger partial charge in [0.05, 0.1) is 12.6 Å². The van der Waals surface area contributed by atoms with Crippen LogP contribution in [0.25, 0.3) is 0 Å². The lowest BCUT2D eigenvalue weighted by atomic mass is 9.85. The summed E-state index contributed by atoms with van der Waals surface area (Å²) in [6, 6.07) is 11.5. The Balaban J connectivity index is 1.56. The molecule has 0 unspecified atom stereocenters. The Morgan fingerprint density at radius 1 is 1.12 bits per heavy atom. The van der Waals surface area contributed by atoms with Gasteiger partial charge in [-0.05, 0) is 41.7 Å². The zero-order valence-corrected chi connectivity index (χ0v) is 15.8. The number of nitrogens with zero attached hydrogens (tertiary/aromatic N) is 5. The van der Waals surface area contributed by atoms with Crippen LogP contribution in [0.4, 0.5) is 0 Å². The molecule has 0 amide bonds. The highest BCUT2D eigenvalue weighted by atomic mass is 15.5. The van der Waals surface area contributed by atoms with Crippen LogP contribution in [0.3, 0.4) is 0 Å². The third-order valence-corrected chi connectivity index (χ3v) is 5.11. The first-order valence-corrected chi connectivity index (χ1v) is 9.31. The summed E-state index contributed by atoms with van der Waals surface area (Å²) < 4.78 is 1.90. The Labute approximate surface area is 150 Å². The van der Waals surface area contributed by atoms with Crippen molar-refractivity contribution < 1.29 is 0 Å². The first-order chi connectivity index (χ1) is 12.0. The molecule has 1 aromatic heterocycles. The molecule has 1 aliphatic heterocycles. The second-order valence-electron chi connectivity index (χ2n) is 7.67. The van der Waals surface area contributed by atoms with Crippen molar-refractivity contribution in [2.24, 2.45) is 11.8 Å². The molecule has 1 aliphatic rings. The first-order valence-electron chi connectivity index (χ1n) is 9.31. The van der Waals surface area contributed by atoms with Crippen LogP contribution < -0.4 is 5.32 Å². The van der Waals surface area contributed by atoms with Crippen molar-refractivity contribution in [3.63, 3.8) is 0 Å². The van der Waals surface area contributed by atoms with E-state index in [0.29, 0.717) is 17.9 Å². The van der Waals surface area contributed by atoms with Gasteiger partial charge in [-0.25, -0.2) is 4.68 Å². The van der Waals surface area contributed by atoms with Crippen molar-refractivity contribution in [1.29, 1.82) is 0 Å². The lowest BCUT2D eigenvalue weighted by Gasteiger charge is -2.42. The molecule has 1 N–H and O–H groups in total. The van der Waals surface area contributed by atoms with E-state index in [1.807, 2.05) is 4.68 Å². The molecule has 6 heteroatoms. The second-order valence-corrected chi connectivity index (χ2v) is 7.67. The van der Waals surface area contributed by atoms with Crippen LogP contribution in [0.15, 0.2) is 30.3 Å². The van der Waals surface area contributed by atoms with E-state index in [1.165, 1.54) is 5.56 Å². The maximum Gasteiger partial charge on any atom is 0.165 e. The van der Waals surface area contributed by atoms with Gasteiger partial charge >= 0.3 is 0 Å². The molecular weight excluding hydrogens is 312 g/mol. The van der Waals surface area contributed by atoms with E-state index >= 15 is 0 Å². The van der Waals surface area contributed by atoms with Crippen molar-refractivity contribution in [3.8, 4) is 0 Å². The van der Waals surface area contributed by atoms with Gasteiger partial charge in [-0.2, -0.15) is 0 Å². The molecule has 0 bridgehead atoms. The van der Waals surface area contributed by atoms with Gasteiger partial charge in [-0.1, -0.05) is 44.2 Å². The smallest absolute Gasteiger partial charge is 0.165 e. The number of piperidine rings is 1. The zero-order valence-electron chi connectivity index (χ0n) is 15.8. The fraction of sp³-hybridized carbons (Fsp3) is 0.632. The van der Waals surface area contributed by atoms with Gasteiger partial charge < -0.3 is 5.32 Å². The summed E-state index contributed by atoms with van der Waals surface area (Å²) in [5.74, 6) is 2.10. The van der Waals surface area contributed by atoms with Gasteiger partial charge in [0.25, 0.3) is 0 Å². The van der Waals surface area contributed by atoms with Gasteiger partial charge in [0.2, 0.25) is 0 Å². The van der Waals surface area contributed by atoms with Crippen LogP contribution in [0.5, 0.6) is 0 Å². The summed E-state index contributed by atoms with van der Waals surface area (Å²) in [7, 11) is 0. The summed E-state index contributed by atoms with van der Waals surface area (Å²) in [5.41, 5.74) is 1.39. The molecule has 2 aromatic rings. The Morgan fingerprint density at radius 3 is 2.44 bits per heavy atom. The van der Waals surface area contributed by atoms with E-state index in [2.05, 4.69) is 83.8 Å². The third-order valence-electron chi connectivity index (χ3n) is 5.11. The maximum atomic E-state index is 4.17. The van der Waals surface area contributed by atoms with Crippen LogP contribution in [0, 0.1) is 11.8 Å². The highest BCUT2D eigenvalue weighted by Gasteiger charge is 2.31. The number of aromatic nitrogens is 4. The molecule has 2 heterocycles. The Morgan fingerprint density at radius 2 is 1.80 bits per heavy atom. The number of hydrogen-bond acceptors (Lipinski definition) is 5. The third kappa shape index (κ3) is 4.44. The fourth-order valence-corrected chi connectivity index (χ4v) is 3.99. The van der Waals surface area contributed by atoms with Crippen LogP contribution in [0.2, 0.25) is 0 Å². The zero-order chi connectivity index (χ0) is 17.8. The quantitative estimate of drug-likeness (QED) is 0.874. The number of tetrazole rings is 1. The highest BCUT2D eigenvalue weighted by molar-refractivity contribution is 5.14. The molecule has 0 saturated carbocycles. The summed E-state index contributed by atoms with van der Waals surface area (Å²) in [6.45, 7) is 12.9. The summed E-state index contributed by atoms with van der Waals surface area (Å²) in [4.78, 5) is 2.57. The minimum atomic E-state index is 0.286. The monoisotopic (exact) mass is 342 g/mol. The van der Waals surface area contributed by atoms with E-state index in [0.717, 1.165) is 32.0 Å². The molecule has 2 atom stereocenters. The Hall–Kier alpha value is -1.79. The lowest BCUT2D eigenvalue weighted by molar-refractivity contribution is 0.0933. The van der Waals surface area contributed by atoms with Crippen molar-refractivity contribution >= 4 is 0 Å². The molecule has 6 nitrogen and oxygen atoms in total. The molecule has 0 spiro atoms. The van der Waals surface area contributed by atoms with Crippen molar-refractivity contribution in [2.45, 2.75) is 52.9 Å². The molecule has 1 saturated heterocycles. The number of benzene rings is 1. The molecule has 1 fully saturated rings. The molecule has 3 rings (SSSR count). The van der Waals surface area contributed by atoms with Crippen molar-refractivity contribution in [3.05, 3.63) is 41.7 Å². The molecule has 0 aliphatic carbocycles. The number of nitrogens with one attached hydrogen (secondary N) is 1. The fourth-order valence-electron chi connectivity index (χ4n) is 3.99. The molecule has 25 heavy (non-hydrogen) atoms. The van der Waals surface area contributed by atoms with Gasteiger partial charge in [0, 0.05) is 25.7 Å². The van der Waals surface area contributed by atoms with Gasteiger partial charge in [0.15, 0.2) is 5.82 Å². The van der Waals surface area contributed by atoms with E-state index in [9.17, 15) is 0 Å². The van der Waals surface area contributed by atoms with Crippen LogP contribution in [-0.4, -0.2) is 44.2 Å². The van der Waals surface area contributed by atoms with E-state index in [-0.39, 0.29) is 6.04 Å². The molecule has 136 valence electrons. The average Bonchev–Trinajstić information content (AvgIpc) is 3.04. The number of rotatable bonds is 6. The standard InChI is InChI=1S/C19H30N6/c1-14(2)25-18(21-22-23-25)10-20-19-15(3)11-24(12-16(19)4)13-17-8-6-5-7-9-17/h5-9,14-16,19-20H,10-13H2,1-4H3/t15-,16-/m1/s1. The van der Waals surface area contributed by atoms with E-state index in [1.54, 1.807) is 0 Å². The maximum absolute atomic E-state index is 4.17. The minimum absolute atomic E-state index is 0.286. The van der Waals surface area contributed by atoms with E-state index < -0.39 is 0 Å². The van der Waals surface area contributed by atoms with Gasteiger partial charge in [0.1, 0.15) is 0 Å². The highest BCUT2D eigenvalue weighted by Crippen LogP contribution is 2.24. The van der Waals surface area contributed by atoms with Crippen LogP contribution in [-0.2, 0) is 13.1 Å². The normalized spacial score (nSPS) is 22.6. The lowest BCUT2D eigenvalue weighted by Crippen LogP contribution is -2.53. The minimum Gasteiger partial charge on any atom is -0.306 e. The van der Waals surface area contributed by atoms with Crippen LogP contribution >= 0.6 is 0 Å². The van der Waals surface area contributed by atoms with Gasteiger partial charge in [-0.15, -0.1) is 5.10 Å². The predicted octanol–water partition coefficient (Wildman–Crippen LogP) is 2.50.